The van der Waals surface area contributed by atoms with Crippen molar-refractivity contribution in [2.45, 2.75) is 51.7 Å². The van der Waals surface area contributed by atoms with Crippen molar-refractivity contribution in [2.24, 2.45) is 0 Å². The summed E-state index contributed by atoms with van der Waals surface area (Å²) in [6.45, 7) is 4.04. The maximum atomic E-state index is 10.8. The predicted molar refractivity (Wildman–Crippen MR) is 54.8 cm³/mol. The van der Waals surface area contributed by atoms with E-state index in [0.717, 1.165) is 12.8 Å². The average molecular weight is 203 g/mol. The molecule has 0 saturated carbocycles. The second-order valence-corrected chi connectivity index (χ2v) is 3.51. The van der Waals surface area contributed by atoms with Gasteiger partial charge in [-0.1, -0.05) is 6.92 Å². The van der Waals surface area contributed by atoms with Crippen LogP contribution in [0.25, 0.3) is 0 Å². The molecule has 84 valence electrons. The van der Waals surface area contributed by atoms with Gasteiger partial charge in [-0.15, -0.1) is 0 Å². The number of unbranched alkanes of at least 4 members (excludes halogenated alkanes) is 1. The average Bonchev–Trinajstić information content (AvgIpc) is 2.16. The second kappa shape index (κ2) is 7.76. The SMILES string of the molecule is CCC(=O)NCCCCC(O)C(C)O. The van der Waals surface area contributed by atoms with Gasteiger partial charge in [-0.2, -0.15) is 0 Å². The second-order valence-electron chi connectivity index (χ2n) is 3.51. The monoisotopic (exact) mass is 203 g/mol. The van der Waals surface area contributed by atoms with Crippen LogP contribution in [-0.2, 0) is 4.79 Å². The Kier molecular flexibility index (Phi) is 7.42. The topological polar surface area (TPSA) is 69.6 Å². The van der Waals surface area contributed by atoms with Crippen LogP contribution in [0.2, 0.25) is 0 Å². The van der Waals surface area contributed by atoms with Gasteiger partial charge >= 0.3 is 0 Å². The first-order chi connectivity index (χ1) is 6.57. The molecule has 2 unspecified atom stereocenters. The Bertz CT molecular complexity index is 159. The summed E-state index contributed by atoms with van der Waals surface area (Å²) >= 11 is 0. The highest BCUT2D eigenvalue weighted by Crippen LogP contribution is 2.03. The van der Waals surface area contributed by atoms with Crippen LogP contribution in [0.15, 0.2) is 0 Å². The predicted octanol–water partition coefficient (Wildman–Crippen LogP) is 0.425. The molecular formula is C10H21NO3. The van der Waals surface area contributed by atoms with Crippen molar-refractivity contribution in [3.8, 4) is 0 Å². The zero-order valence-electron chi connectivity index (χ0n) is 8.99. The van der Waals surface area contributed by atoms with E-state index in [9.17, 15) is 9.90 Å². The molecule has 0 bridgehead atoms. The molecule has 0 aliphatic heterocycles. The van der Waals surface area contributed by atoms with Crippen molar-refractivity contribution in [3.05, 3.63) is 0 Å². The van der Waals surface area contributed by atoms with E-state index in [1.807, 2.05) is 6.92 Å². The summed E-state index contributed by atoms with van der Waals surface area (Å²) in [7, 11) is 0. The Balaban J connectivity index is 3.25. The molecule has 3 N–H and O–H groups in total. The third-order valence-corrected chi connectivity index (χ3v) is 2.13. The Labute approximate surface area is 85.3 Å². The maximum absolute atomic E-state index is 10.8. The standard InChI is InChI=1S/C10H21NO3/c1-3-10(14)11-7-5-4-6-9(13)8(2)12/h8-9,12-13H,3-7H2,1-2H3,(H,11,14). The van der Waals surface area contributed by atoms with E-state index in [4.69, 9.17) is 5.11 Å². The lowest BCUT2D eigenvalue weighted by Gasteiger charge is -2.12. The van der Waals surface area contributed by atoms with Gasteiger partial charge in [0.25, 0.3) is 0 Å². The van der Waals surface area contributed by atoms with Gasteiger partial charge in [-0.3, -0.25) is 4.79 Å². The van der Waals surface area contributed by atoms with Crippen LogP contribution in [0.3, 0.4) is 0 Å². The molecule has 14 heavy (non-hydrogen) atoms. The van der Waals surface area contributed by atoms with Crippen LogP contribution in [0.5, 0.6) is 0 Å². The van der Waals surface area contributed by atoms with Crippen molar-refractivity contribution in [2.75, 3.05) is 6.54 Å². The fourth-order valence-electron chi connectivity index (χ4n) is 1.07. The van der Waals surface area contributed by atoms with Gasteiger partial charge in [0.15, 0.2) is 0 Å². The van der Waals surface area contributed by atoms with Crippen molar-refractivity contribution in [1.29, 1.82) is 0 Å². The molecular weight excluding hydrogens is 182 g/mol. The minimum atomic E-state index is -0.666. The molecule has 0 aromatic heterocycles. The van der Waals surface area contributed by atoms with Gasteiger partial charge in [0.1, 0.15) is 0 Å². The zero-order valence-corrected chi connectivity index (χ0v) is 8.99. The Hall–Kier alpha value is -0.610. The van der Waals surface area contributed by atoms with Crippen molar-refractivity contribution >= 4 is 5.91 Å². The largest absolute Gasteiger partial charge is 0.391 e. The van der Waals surface area contributed by atoms with Gasteiger partial charge in [-0.25, -0.2) is 0 Å². The molecule has 0 rings (SSSR count). The molecule has 0 aromatic rings. The first kappa shape index (κ1) is 13.4. The van der Waals surface area contributed by atoms with Crippen LogP contribution in [-0.4, -0.2) is 34.9 Å². The van der Waals surface area contributed by atoms with Crippen LogP contribution in [0.1, 0.15) is 39.5 Å². The fourth-order valence-corrected chi connectivity index (χ4v) is 1.07. The number of hydrogen-bond acceptors (Lipinski definition) is 3. The molecule has 0 saturated heterocycles. The molecule has 0 aromatic carbocycles. The molecule has 1 amide bonds. The third kappa shape index (κ3) is 6.86. The van der Waals surface area contributed by atoms with Crippen molar-refractivity contribution < 1.29 is 15.0 Å². The Morgan fingerprint density at radius 2 is 2.00 bits per heavy atom. The normalized spacial score (nSPS) is 14.9. The minimum Gasteiger partial charge on any atom is -0.391 e. The van der Waals surface area contributed by atoms with Crippen LogP contribution < -0.4 is 5.32 Å². The first-order valence-corrected chi connectivity index (χ1v) is 5.20. The first-order valence-electron chi connectivity index (χ1n) is 5.20. The maximum Gasteiger partial charge on any atom is 0.219 e. The molecule has 4 nitrogen and oxygen atoms in total. The third-order valence-electron chi connectivity index (χ3n) is 2.13. The summed E-state index contributed by atoms with van der Waals surface area (Å²) in [6.07, 6.45) is 1.44. The van der Waals surface area contributed by atoms with Crippen molar-refractivity contribution in [3.63, 3.8) is 0 Å². The van der Waals surface area contributed by atoms with Gasteiger partial charge in [0.05, 0.1) is 12.2 Å². The Morgan fingerprint density at radius 3 is 2.50 bits per heavy atom. The number of aliphatic hydroxyl groups is 2. The lowest BCUT2D eigenvalue weighted by molar-refractivity contribution is -0.120. The number of rotatable bonds is 7. The summed E-state index contributed by atoms with van der Waals surface area (Å²) in [5, 5.41) is 21.0. The molecule has 0 aliphatic rings. The molecule has 2 atom stereocenters. The van der Waals surface area contributed by atoms with Crippen LogP contribution >= 0.6 is 0 Å². The molecule has 0 radical (unpaired) electrons. The van der Waals surface area contributed by atoms with E-state index in [0.29, 0.717) is 19.4 Å². The van der Waals surface area contributed by atoms with Crippen LogP contribution in [0, 0.1) is 0 Å². The molecule has 0 fully saturated rings. The Morgan fingerprint density at radius 1 is 1.36 bits per heavy atom. The van der Waals surface area contributed by atoms with Gasteiger partial charge in [-0.05, 0) is 26.2 Å². The van der Waals surface area contributed by atoms with Gasteiger partial charge in [0.2, 0.25) is 5.91 Å². The highest BCUT2D eigenvalue weighted by molar-refractivity contribution is 5.75. The van der Waals surface area contributed by atoms with E-state index < -0.39 is 12.2 Å². The van der Waals surface area contributed by atoms with Gasteiger partial charge in [0, 0.05) is 13.0 Å². The van der Waals surface area contributed by atoms with E-state index in [1.165, 1.54) is 0 Å². The van der Waals surface area contributed by atoms with Gasteiger partial charge < -0.3 is 15.5 Å². The van der Waals surface area contributed by atoms with Crippen molar-refractivity contribution in [1.82, 2.24) is 5.32 Å². The van der Waals surface area contributed by atoms with E-state index in [-0.39, 0.29) is 5.91 Å². The van der Waals surface area contributed by atoms with Crippen LogP contribution in [0.4, 0.5) is 0 Å². The summed E-state index contributed by atoms with van der Waals surface area (Å²) in [6, 6.07) is 0. The summed E-state index contributed by atoms with van der Waals surface area (Å²) in [5.41, 5.74) is 0. The quantitative estimate of drug-likeness (QED) is 0.525. The van der Waals surface area contributed by atoms with E-state index >= 15 is 0 Å². The highest BCUT2D eigenvalue weighted by Gasteiger charge is 2.09. The summed E-state index contributed by atoms with van der Waals surface area (Å²) in [4.78, 5) is 10.8. The number of amides is 1. The zero-order chi connectivity index (χ0) is 11.0. The molecule has 0 spiro atoms. The van der Waals surface area contributed by atoms with E-state index in [2.05, 4.69) is 5.32 Å². The number of aliphatic hydroxyl groups excluding tert-OH is 2. The fraction of sp³-hybridized carbons (Fsp3) is 0.900. The number of nitrogens with one attached hydrogen (secondary N) is 1. The molecule has 4 heteroatoms. The number of carbonyl (C=O) groups is 1. The smallest absolute Gasteiger partial charge is 0.219 e. The summed E-state index contributed by atoms with van der Waals surface area (Å²) in [5.74, 6) is 0.0566. The highest BCUT2D eigenvalue weighted by atomic mass is 16.3. The number of carbonyl (C=O) groups excluding carboxylic acids is 1. The summed E-state index contributed by atoms with van der Waals surface area (Å²) < 4.78 is 0. The molecule has 0 heterocycles. The lowest BCUT2D eigenvalue weighted by Crippen LogP contribution is -2.25. The molecule has 0 aliphatic carbocycles. The number of hydrogen-bond donors (Lipinski definition) is 3. The lowest BCUT2D eigenvalue weighted by atomic mass is 10.1. The minimum absolute atomic E-state index is 0.0566. The van der Waals surface area contributed by atoms with E-state index in [1.54, 1.807) is 6.92 Å².